The van der Waals surface area contributed by atoms with E-state index in [-0.39, 0.29) is 5.78 Å². The summed E-state index contributed by atoms with van der Waals surface area (Å²) in [6, 6.07) is 9.23. The molecule has 0 unspecified atom stereocenters. The molecule has 0 N–H and O–H groups in total. The first kappa shape index (κ1) is 11.4. The lowest BCUT2D eigenvalue weighted by atomic mass is 10.2. The Morgan fingerprint density at radius 1 is 1.36 bits per heavy atom. The highest BCUT2D eigenvalue weighted by atomic mass is 79.9. The van der Waals surface area contributed by atoms with E-state index in [1.54, 1.807) is 6.92 Å². The van der Waals surface area contributed by atoms with E-state index in [9.17, 15) is 4.79 Å². The minimum Gasteiger partial charge on any atom is -0.379 e. The molecule has 14 heavy (non-hydrogen) atoms. The van der Waals surface area contributed by atoms with Crippen LogP contribution >= 0.6 is 15.9 Å². The summed E-state index contributed by atoms with van der Waals surface area (Å²) in [5.41, 5.74) is 0.775. The van der Waals surface area contributed by atoms with Crippen LogP contribution in [0.2, 0.25) is 0 Å². The Balaban J connectivity index is 0.000000165. The number of ketones is 1. The predicted molar refractivity (Wildman–Crippen MR) is 60.0 cm³/mol. The molecule has 0 radical (unpaired) electrons. The number of Topliss-reactive ketones (excluding diaryl/α,β-unsaturated/α-hetero) is 1. The monoisotopic (exact) mass is 256 g/mol. The van der Waals surface area contributed by atoms with Gasteiger partial charge in [0.2, 0.25) is 0 Å². The van der Waals surface area contributed by atoms with Gasteiger partial charge in [-0.15, -0.1) is 0 Å². The van der Waals surface area contributed by atoms with E-state index >= 15 is 0 Å². The first-order valence-electron chi connectivity index (χ1n) is 4.48. The summed E-state index contributed by atoms with van der Waals surface area (Å²) >= 11 is 3.34. The van der Waals surface area contributed by atoms with Gasteiger partial charge < -0.3 is 4.74 Å². The number of rotatable bonds is 1. The Morgan fingerprint density at radius 2 is 1.86 bits per heavy atom. The molecule has 3 heteroatoms. The fourth-order valence-corrected chi connectivity index (χ4v) is 1.25. The molecule has 1 aromatic carbocycles. The Labute approximate surface area is 92.4 Å². The van der Waals surface area contributed by atoms with Gasteiger partial charge in [0.05, 0.1) is 18.0 Å². The van der Waals surface area contributed by atoms with Gasteiger partial charge in [0, 0.05) is 5.56 Å². The van der Waals surface area contributed by atoms with Crippen molar-refractivity contribution in [2.75, 3.05) is 13.2 Å². The van der Waals surface area contributed by atoms with Gasteiger partial charge in [-0.05, 0) is 6.92 Å². The van der Waals surface area contributed by atoms with Gasteiger partial charge in [0.15, 0.2) is 5.78 Å². The predicted octanol–water partition coefficient (Wildman–Crippen LogP) is 2.67. The number of halogens is 1. The van der Waals surface area contributed by atoms with Gasteiger partial charge in [0.25, 0.3) is 0 Å². The summed E-state index contributed by atoms with van der Waals surface area (Å²) in [6.07, 6.45) is 0. The van der Waals surface area contributed by atoms with Gasteiger partial charge >= 0.3 is 0 Å². The van der Waals surface area contributed by atoms with Crippen molar-refractivity contribution < 1.29 is 9.53 Å². The molecule has 1 aliphatic rings. The lowest BCUT2D eigenvalue weighted by molar-refractivity contribution is 0.0482. The summed E-state index contributed by atoms with van der Waals surface area (Å²) in [6.45, 7) is 3.37. The number of carbonyl (C=O) groups excluding carboxylic acids is 1. The molecule has 1 heterocycles. The van der Waals surface area contributed by atoms with Crippen LogP contribution in [0.1, 0.15) is 17.3 Å². The molecule has 1 aromatic rings. The van der Waals surface area contributed by atoms with Crippen molar-refractivity contribution in [2.24, 2.45) is 0 Å². The van der Waals surface area contributed by atoms with Gasteiger partial charge in [-0.3, -0.25) is 4.79 Å². The van der Waals surface area contributed by atoms with E-state index in [1.165, 1.54) is 0 Å². The van der Waals surface area contributed by atoms with E-state index in [2.05, 4.69) is 15.9 Å². The third-order valence-electron chi connectivity index (χ3n) is 1.78. The van der Waals surface area contributed by atoms with Crippen molar-refractivity contribution in [3.63, 3.8) is 0 Å². The minimum absolute atomic E-state index is 0.121. The van der Waals surface area contributed by atoms with Crippen molar-refractivity contribution in [2.45, 2.75) is 11.8 Å². The van der Waals surface area contributed by atoms with Crippen molar-refractivity contribution >= 4 is 21.7 Å². The third-order valence-corrected chi connectivity index (χ3v) is 2.31. The van der Waals surface area contributed by atoms with E-state index in [4.69, 9.17) is 4.74 Å². The molecule has 0 aliphatic carbocycles. The molecule has 0 saturated carbocycles. The Morgan fingerprint density at radius 3 is 2.07 bits per heavy atom. The van der Waals surface area contributed by atoms with Crippen LogP contribution in [-0.2, 0) is 4.74 Å². The largest absolute Gasteiger partial charge is 0.379 e. The zero-order valence-corrected chi connectivity index (χ0v) is 9.66. The number of hydrogen-bond donors (Lipinski definition) is 0. The second-order valence-electron chi connectivity index (χ2n) is 3.06. The Hall–Kier alpha value is -0.670. The molecule has 1 aliphatic heterocycles. The van der Waals surface area contributed by atoms with Crippen LogP contribution in [0.15, 0.2) is 30.3 Å². The molecular formula is C11H13BrO2. The average Bonchev–Trinajstić information content (AvgIpc) is 2.17. The highest BCUT2D eigenvalue weighted by Gasteiger charge is 2.12. The van der Waals surface area contributed by atoms with Crippen LogP contribution in [0.3, 0.4) is 0 Å². The van der Waals surface area contributed by atoms with E-state index < -0.39 is 0 Å². The van der Waals surface area contributed by atoms with Gasteiger partial charge in [0.1, 0.15) is 0 Å². The third kappa shape index (κ3) is 4.03. The fraction of sp³-hybridized carbons (Fsp3) is 0.364. The second kappa shape index (κ2) is 5.94. The quantitative estimate of drug-likeness (QED) is 0.571. The number of benzene rings is 1. The topological polar surface area (TPSA) is 26.3 Å². The zero-order valence-electron chi connectivity index (χ0n) is 8.07. The highest BCUT2D eigenvalue weighted by Crippen LogP contribution is 2.08. The number of alkyl halides is 1. The molecule has 2 rings (SSSR count). The van der Waals surface area contributed by atoms with E-state index in [0.717, 1.165) is 18.8 Å². The molecule has 0 bridgehead atoms. The fourth-order valence-electron chi connectivity index (χ4n) is 0.880. The van der Waals surface area contributed by atoms with Crippen molar-refractivity contribution in [3.8, 4) is 0 Å². The molecule has 0 spiro atoms. The van der Waals surface area contributed by atoms with Crippen LogP contribution in [0, 0.1) is 0 Å². The Bertz CT molecular complexity index is 281. The number of hydrogen-bond acceptors (Lipinski definition) is 2. The Kier molecular flexibility index (Phi) is 4.84. The number of carbonyl (C=O) groups is 1. The molecule has 1 saturated heterocycles. The summed E-state index contributed by atoms with van der Waals surface area (Å²) in [5, 5.41) is 0. The normalized spacial score (nSPS) is 15.0. The summed E-state index contributed by atoms with van der Waals surface area (Å²) in [7, 11) is 0. The smallest absolute Gasteiger partial charge is 0.159 e. The molecule has 2 nitrogen and oxygen atoms in total. The SMILES string of the molecule is BrC1COC1.CC(=O)c1ccccc1. The lowest BCUT2D eigenvalue weighted by Crippen LogP contribution is -2.26. The van der Waals surface area contributed by atoms with Crippen LogP contribution in [0.25, 0.3) is 0 Å². The molecule has 76 valence electrons. The molecule has 0 amide bonds. The van der Waals surface area contributed by atoms with Crippen LogP contribution in [-0.4, -0.2) is 23.8 Å². The maximum absolute atomic E-state index is 10.6. The van der Waals surface area contributed by atoms with Crippen LogP contribution in [0.4, 0.5) is 0 Å². The minimum atomic E-state index is 0.121. The van der Waals surface area contributed by atoms with Crippen molar-refractivity contribution in [1.29, 1.82) is 0 Å². The molecular weight excluding hydrogens is 244 g/mol. The molecule has 0 aromatic heterocycles. The summed E-state index contributed by atoms with van der Waals surface area (Å²) in [5.74, 6) is 0.121. The maximum atomic E-state index is 10.6. The summed E-state index contributed by atoms with van der Waals surface area (Å²) in [4.78, 5) is 11.3. The molecule has 0 atom stereocenters. The average molecular weight is 257 g/mol. The first-order valence-corrected chi connectivity index (χ1v) is 5.39. The van der Waals surface area contributed by atoms with E-state index in [0.29, 0.717) is 4.83 Å². The second-order valence-corrected chi connectivity index (χ2v) is 4.35. The van der Waals surface area contributed by atoms with E-state index in [1.807, 2.05) is 30.3 Å². The molecule has 1 fully saturated rings. The van der Waals surface area contributed by atoms with Crippen LogP contribution < -0.4 is 0 Å². The van der Waals surface area contributed by atoms with Crippen molar-refractivity contribution in [1.82, 2.24) is 0 Å². The van der Waals surface area contributed by atoms with Gasteiger partial charge in [-0.1, -0.05) is 46.3 Å². The van der Waals surface area contributed by atoms with Crippen molar-refractivity contribution in [3.05, 3.63) is 35.9 Å². The summed E-state index contributed by atoms with van der Waals surface area (Å²) < 4.78 is 4.79. The first-order chi connectivity index (χ1) is 6.70. The maximum Gasteiger partial charge on any atom is 0.159 e. The van der Waals surface area contributed by atoms with Gasteiger partial charge in [-0.2, -0.15) is 0 Å². The lowest BCUT2D eigenvalue weighted by Gasteiger charge is -2.18. The van der Waals surface area contributed by atoms with Gasteiger partial charge in [-0.25, -0.2) is 0 Å². The highest BCUT2D eigenvalue weighted by molar-refractivity contribution is 9.09. The van der Waals surface area contributed by atoms with Crippen LogP contribution in [0.5, 0.6) is 0 Å². The number of ether oxygens (including phenoxy) is 1. The standard InChI is InChI=1S/C8H8O.C3H5BrO/c1-7(9)8-5-3-2-4-6-8;4-3-1-5-2-3/h2-6H,1H3;3H,1-2H2. The zero-order chi connectivity index (χ0) is 10.4.